The first-order valence-electron chi connectivity index (χ1n) is 13.0. The van der Waals surface area contributed by atoms with Gasteiger partial charge in [-0.15, -0.1) is 0 Å². The van der Waals surface area contributed by atoms with E-state index in [-0.39, 0.29) is 66.9 Å². The summed E-state index contributed by atoms with van der Waals surface area (Å²) in [6.45, 7) is 6.44. The van der Waals surface area contributed by atoms with Gasteiger partial charge >= 0.3 is 29.6 Å². The van der Waals surface area contributed by atoms with Gasteiger partial charge in [0.15, 0.2) is 11.5 Å². The summed E-state index contributed by atoms with van der Waals surface area (Å²) in [5.41, 5.74) is 4.28. The third-order valence-electron chi connectivity index (χ3n) is 7.66. The van der Waals surface area contributed by atoms with Crippen molar-refractivity contribution in [1.29, 1.82) is 0 Å². The van der Waals surface area contributed by atoms with Gasteiger partial charge in [0.25, 0.3) is 0 Å². The van der Waals surface area contributed by atoms with Crippen LogP contribution in [0.5, 0.6) is 0 Å². The molecule has 2 aliphatic rings. The van der Waals surface area contributed by atoms with Crippen LogP contribution in [-0.2, 0) is 16.0 Å². The molecule has 0 N–H and O–H groups in total. The topological polar surface area (TPSA) is 109 Å². The second kappa shape index (κ2) is 11.7. The Labute approximate surface area is 250 Å². The van der Waals surface area contributed by atoms with Gasteiger partial charge in [-0.05, 0) is 74.0 Å². The molecule has 2 fully saturated rings. The Kier molecular flexibility index (Phi) is 8.92. The van der Waals surface area contributed by atoms with Crippen LogP contribution in [0, 0.1) is 12.3 Å². The van der Waals surface area contributed by atoms with Crippen molar-refractivity contribution in [1.82, 2.24) is 10.3 Å². The molecule has 0 spiro atoms. The maximum absolute atomic E-state index is 13.1. The minimum absolute atomic E-state index is 0. The molecule has 1 atom stereocenters. The van der Waals surface area contributed by atoms with Gasteiger partial charge in [0.2, 0.25) is 0 Å². The summed E-state index contributed by atoms with van der Waals surface area (Å²) < 4.78 is 11.5. The number of hydrogen-bond acceptors (Lipinski definition) is 7. The summed E-state index contributed by atoms with van der Waals surface area (Å²) in [7, 11) is 0. The molecule has 0 saturated heterocycles. The maximum Gasteiger partial charge on any atom is 1.00 e. The molecule has 2 aliphatic carbocycles. The van der Waals surface area contributed by atoms with Gasteiger partial charge in [-0.3, -0.25) is 4.79 Å². The van der Waals surface area contributed by atoms with E-state index in [2.05, 4.69) is 24.2 Å². The quantitative estimate of drug-likeness (QED) is 0.340. The van der Waals surface area contributed by atoms with Gasteiger partial charge in [-0.25, -0.2) is 0 Å². The number of rotatable bonds is 11. The van der Waals surface area contributed by atoms with Crippen LogP contribution in [-0.4, -0.2) is 22.1 Å². The summed E-state index contributed by atoms with van der Waals surface area (Å²) in [6.07, 6.45) is 4.48. The fourth-order valence-corrected chi connectivity index (χ4v) is 5.90. The van der Waals surface area contributed by atoms with Gasteiger partial charge in [0.05, 0.1) is 5.69 Å². The molecule has 2 aromatic heterocycles. The molecule has 1 aromatic carbocycles. The molecule has 0 bridgehead atoms. The third-order valence-corrected chi connectivity index (χ3v) is 8.01. The number of nitrogens with zero attached hydrogens (tertiary/aromatic N) is 2. The Balaban J connectivity index is 0.00000336. The average molecular weight is 547 g/mol. The van der Waals surface area contributed by atoms with Crippen LogP contribution in [0.4, 0.5) is 0 Å². The number of carbonyl (C=O) groups is 2. The molecule has 0 radical (unpaired) electrons. The van der Waals surface area contributed by atoms with Crippen molar-refractivity contribution >= 4 is 23.4 Å². The standard InChI is InChI=1S/C29H33ClN2O5.Na/c1-16-4-5-18(22(30)10-16)11-21(33)12-19(8-9-25(34)35)27-26(17-6-7-17)28(37-32-27)23-13-24(36-31-23)20-14-29(2,3)15-20;/h4-5,10,13,17,19-20H,6-9,11-12,14-15H2,1-3H3,(H,34,35);/q;+1/p-1/t19-;/m0./s1. The molecule has 7 nitrogen and oxygen atoms in total. The molecular weight excluding hydrogens is 515 g/mol. The zero-order chi connectivity index (χ0) is 26.3. The second-order valence-electron chi connectivity index (χ2n) is 11.6. The fraction of sp³-hybridized carbons (Fsp3) is 0.517. The number of Topliss-reactive ketones (excluding diaryl/α,β-unsaturated/α-hetero) is 1. The fourth-order valence-electron chi connectivity index (χ4n) is 5.60. The van der Waals surface area contributed by atoms with Crippen LogP contribution in [0.1, 0.15) is 105 Å². The second-order valence-corrected chi connectivity index (χ2v) is 12.0. The molecule has 2 saturated carbocycles. The minimum atomic E-state index is -1.15. The maximum atomic E-state index is 13.1. The molecule has 0 unspecified atom stereocenters. The van der Waals surface area contributed by atoms with Gasteiger partial charge in [0.1, 0.15) is 11.5 Å². The van der Waals surface area contributed by atoms with Crippen LogP contribution in [0.2, 0.25) is 5.02 Å². The van der Waals surface area contributed by atoms with E-state index in [9.17, 15) is 14.7 Å². The van der Waals surface area contributed by atoms with E-state index in [0.29, 0.717) is 33.5 Å². The Morgan fingerprint density at radius 1 is 1.13 bits per heavy atom. The summed E-state index contributed by atoms with van der Waals surface area (Å²) in [5.74, 6) is 0.445. The van der Waals surface area contributed by atoms with Crippen LogP contribution >= 0.6 is 11.6 Å². The van der Waals surface area contributed by atoms with Crippen LogP contribution < -0.4 is 34.7 Å². The molecule has 2 heterocycles. The van der Waals surface area contributed by atoms with Crippen LogP contribution in [0.3, 0.4) is 0 Å². The number of carboxylic acid groups (broad SMARTS) is 1. The van der Waals surface area contributed by atoms with E-state index in [4.69, 9.17) is 20.6 Å². The Hall–Kier alpha value is -1.93. The van der Waals surface area contributed by atoms with E-state index in [1.807, 2.05) is 31.2 Å². The van der Waals surface area contributed by atoms with Gasteiger partial charge < -0.3 is 18.9 Å². The SMILES string of the molecule is Cc1ccc(CC(=O)C[C@H](CCC(=O)[O-])c2noc(-c3cc(C4CC(C)(C)C4)on3)c2C2CC2)c(Cl)c1.[Na+]. The van der Waals surface area contributed by atoms with Crippen molar-refractivity contribution in [2.24, 2.45) is 5.41 Å². The molecule has 3 aromatic rings. The zero-order valence-corrected chi connectivity index (χ0v) is 25.3. The van der Waals surface area contributed by atoms with E-state index >= 15 is 0 Å². The zero-order valence-electron chi connectivity index (χ0n) is 22.5. The molecule has 5 rings (SSSR count). The molecule has 196 valence electrons. The van der Waals surface area contributed by atoms with Gasteiger partial charge in [-0.1, -0.05) is 47.9 Å². The first-order valence-corrected chi connectivity index (χ1v) is 13.4. The van der Waals surface area contributed by atoms with E-state index in [1.54, 1.807) is 0 Å². The predicted octanol–water partition coefficient (Wildman–Crippen LogP) is 2.89. The van der Waals surface area contributed by atoms with Crippen LogP contribution in [0.15, 0.2) is 33.3 Å². The number of carbonyl (C=O) groups excluding carboxylic acids is 2. The van der Waals surface area contributed by atoms with Crippen LogP contribution in [0.25, 0.3) is 11.5 Å². The number of aliphatic carboxylic acids is 1. The van der Waals surface area contributed by atoms with E-state index < -0.39 is 11.9 Å². The minimum Gasteiger partial charge on any atom is -0.550 e. The molecule has 0 amide bonds. The number of aryl methyl sites for hydroxylation is 1. The smallest absolute Gasteiger partial charge is 0.550 e. The number of benzene rings is 1. The summed E-state index contributed by atoms with van der Waals surface area (Å²) in [4.78, 5) is 24.4. The monoisotopic (exact) mass is 546 g/mol. The van der Waals surface area contributed by atoms with Crippen molar-refractivity contribution in [3.8, 4) is 11.5 Å². The Morgan fingerprint density at radius 2 is 1.87 bits per heavy atom. The first kappa shape index (κ1) is 29.1. The number of aromatic nitrogens is 2. The molecule has 0 aliphatic heterocycles. The summed E-state index contributed by atoms with van der Waals surface area (Å²) in [6, 6.07) is 7.56. The van der Waals surface area contributed by atoms with Crippen molar-refractivity contribution in [2.75, 3.05) is 0 Å². The largest absolute Gasteiger partial charge is 1.00 e. The predicted molar refractivity (Wildman–Crippen MR) is 136 cm³/mol. The van der Waals surface area contributed by atoms with Gasteiger partial charge in [0, 0.05) is 47.3 Å². The first-order chi connectivity index (χ1) is 17.6. The summed E-state index contributed by atoms with van der Waals surface area (Å²) in [5, 5.41) is 20.5. The number of hydrogen-bond donors (Lipinski definition) is 0. The number of halogens is 1. The molecule has 38 heavy (non-hydrogen) atoms. The normalized spacial score (nSPS) is 17.5. The van der Waals surface area contributed by atoms with E-state index in [1.165, 1.54) is 0 Å². The van der Waals surface area contributed by atoms with E-state index in [0.717, 1.165) is 48.1 Å². The van der Waals surface area contributed by atoms with Crippen molar-refractivity contribution in [2.45, 2.75) is 89.9 Å². The Morgan fingerprint density at radius 3 is 2.50 bits per heavy atom. The molecular formula is C29H32ClN2NaO5. The van der Waals surface area contributed by atoms with Crippen molar-refractivity contribution in [3.63, 3.8) is 0 Å². The Bertz CT molecular complexity index is 1320. The van der Waals surface area contributed by atoms with Gasteiger partial charge in [-0.2, -0.15) is 0 Å². The van der Waals surface area contributed by atoms with Crippen molar-refractivity contribution in [3.05, 3.63) is 57.4 Å². The number of ketones is 1. The average Bonchev–Trinajstić information content (AvgIpc) is 3.36. The summed E-state index contributed by atoms with van der Waals surface area (Å²) >= 11 is 6.35. The number of carboxylic acids is 1. The molecule has 9 heteroatoms. The third kappa shape index (κ3) is 6.61. The van der Waals surface area contributed by atoms with Crippen molar-refractivity contribution < 1.29 is 53.3 Å².